The second-order valence-electron chi connectivity index (χ2n) is 40.4. The largest absolute Gasteiger partial charge is 0.582 e. The van der Waals surface area contributed by atoms with Gasteiger partial charge in [-0.25, -0.2) is 0 Å². The summed E-state index contributed by atoms with van der Waals surface area (Å²) in [6.45, 7) is 66.0. The van der Waals surface area contributed by atoms with Crippen molar-refractivity contribution in [1.82, 2.24) is 0 Å². The van der Waals surface area contributed by atoms with E-state index >= 15 is 0 Å². The van der Waals surface area contributed by atoms with Crippen molar-refractivity contribution in [3.05, 3.63) is 304 Å². The van der Waals surface area contributed by atoms with Crippen LogP contribution in [0.15, 0.2) is 229 Å². The van der Waals surface area contributed by atoms with E-state index in [2.05, 4.69) is 337 Å². The van der Waals surface area contributed by atoms with Crippen molar-refractivity contribution < 1.29 is 45.9 Å². The molecule has 14 rings (SSSR count). The summed E-state index contributed by atoms with van der Waals surface area (Å²) in [7, 11) is 0. The minimum atomic E-state index is -0.0518. The van der Waals surface area contributed by atoms with E-state index in [1.807, 2.05) is 78.9 Å². The molecule has 0 saturated carbocycles. The van der Waals surface area contributed by atoms with Crippen LogP contribution in [0.1, 0.15) is 240 Å². The predicted octanol–water partition coefficient (Wildman–Crippen LogP) is 31.7. The monoisotopic (exact) mass is 1770 g/mol. The molecule has 12 aromatic carbocycles. The number of ether oxygens (including phenoxy) is 1. The van der Waals surface area contributed by atoms with Crippen LogP contribution >= 0.6 is 22.7 Å². The number of thiophene rings is 2. The second-order valence-corrected chi connectivity index (χ2v) is 42.2. The SMILES string of the molecule is CC(C)(C)c1cc(-c2c3cc(C(C)(C)C)ccc3c(-c3scc(-c4ccccc4[OH+]CCCC[OH2+])c3O)c3ccc(C(C)(C)C)cc23)cc(C(C)(C)C)c1.Cc1ccccc1-c1csc(-c2c3ccc(C(C)(C)C)cc3c(-c3cc(C(C)(C)C)cc(C(C)(C)C)c3)c3cc(C(C)(C)C)ccc23)c1O.[CH2-]c1ccccc1.[CH2-]c1ccccc1.[Hf]. The quantitative estimate of drug-likeness (QED) is 0.0445. The number of rotatable bonds is 11. The third-order valence-corrected chi connectivity index (χ3v) is 24.7. The van der Waals surface area contributed by atoms with Gasteiger partial charge in [0.25, 0.3) is 5.75 Å². The Morgan fingerprint density at radius 2 is 0.593 bits per heavy atom. The molecule has 0 atom stereocenters. The maximum atomic E-state index is 12.3. The fourth-order valence-corrected chi connectivity index (χ4v) is 17.3. The summed E-state index contributed by atoms with van der Waals surface area (Å²) in [6.07, 6.45) is 1.72. The zero-order valence-electron chi connectivity index (χ0n) is 75.3. The molecule has 0 unspecified atom stereocenters. The van der Waals surface area contributed by atoms with Crippen molar-refractivity contribution >= 4 is 65.8 Å². The molecule has 5 N–H and O–H groups in total. The Morgan fingerprint density at radius 3 is 0.881 bits per heavy atom. The minimum Gasteiger partial charge on any atom is -0.582 e. The van der Waals surface area contributed by atoms with Crippen LogP contribution in [0.25, 0.3) is 108 Å². The van der Waals surface area contributed by atoms with Crippen molar-refractivity contribution in [3.63, 3.8) is 0 Å². The van der Waals surface area contributed by atoms with Crippen LogP contribution in [0.2, 0.25) is 0 Å². The van der Waals surface area contributed by atoms with Gasteiger partial charge >= 0.3 is 0 Å². The molecule has 2 aromatic heterocycles. The standard InChI is InChI=1S/C50H60O3S.C47H54OS.2C7H7.Hf/c1-47(2,3)32-19-21-37-39(28-32)43(31-25-34(49(7,8)9)27-35(26-31)50(10,11)12)40-29-33(48(4,5)6)20-22-38(40)44(37)46-45(52)41(30-54-46)36-17-13-14-18-42(36)53-24-16-15-23-51;1-28-16-14-15-17-34(28)39-27-49-43(42(39)48)41-35-20-18-30(44(2,3)4)25-37(35)40(38-26-31(45(5,6)7)19-21-36(38)41)29-22-32(46(8,9)10)24-33(23-29)47(11,12)13;2*1-7-5-3-2-4-6-7;/h13-14,17-22,25-30,51-52H,15-16,23-24H2,1-12H3;14-27,48H,1-13H3;2*2-6H,1H2;/q;;2*-1;/p+2. The Hall–Kier alpha value is -8.95. The molecule has 0 spiro atoms. The summed E-state index contributed by atoms with van der Waals surface area (Å²) >= 11 is 3.26. The molecule has 7 heteroatoms. The number of hydrogen-bond acceptors (Lipinski definition) is 4. The number of fused-ring (bicyclic) bond motifs is 4. The van der Waals surface area contributed by atoms with Crippen LogP contribution in [0.4, 0.5) is 0 Å². The van der Waals surface area contributed by atoms with E-state index in [0.717, 1.165) is 89.2 Å². The molecule has 14 aromatic rings. The van der Waals surface area contributed by atoms with Crippen LogP contribution in [-0.2, 0) is 69.2 Å². The Bertz CT molecular complexity index is 5620. The predicted molar refractivity (Wildman–Crippen MR) is 515 cm³/mol. The molecule has 0 radical (unpaired) electrons. The maximum Gasteiger partial charge on any atom is 0.262 e. The third kappa shape index (κ3) is 20.7. The first-order valence-electron chi connectivity index (χ1n) is 41.9. The van der Waals surface area contributed by atoms with Gasteiger partial charge in [0.15, 0.2) is 6.61 Å². The average Bonchev–Trinajstić information content (AvgIpc) is 1.09. The summed E-state index contributed by atoms with van der Waals surface area (Å²) < 4.78 is 4.91. The fourth-order valence-electron chi connectivity index (χ4n) is 15.3. The first kappa shape index (κ1) is 91.4. The van der Waals surface area contributed by atoms with E-state index in [0.29, 0.717) is 24.7 Å². The van der Waals surface area contributed by atoms with Gasteiger partial charge in [-0.2, -0.15) is 49.2 Å². The van der Waals surface area contributed by atoms with Gasteiger partial charge in [-0.15, -0.1) is 46.9 Å². The van der Waals surface area contributed by atoms with Gasteiger partial charge in [-0.3, -0.25) is 0 Å². The molecule has 0 fully saturated rings. The van der Waals surface area contributed by atoms with Crippen LogP contribution < -0.4 is 0 Å². The smallest absolute Gasteiger partial charge is 0.262 e. The number of aryl methyl sites for hydroxylation is 1. The van der Waals surface area contributed by atoms with E-state index in [9.17, 15) is 10.2 Å². The third-order valence-electron chi connectivity index (χ3n) is 22.8. The first-order chi connectivity index (χ1) is 54.6. The Balaban J connectivity index is 0.000000211. The van der Waals surface area contributed by atoms with E-state index < -0.39 is 0 Å². The molecule has 0 amide bonds. The van der Waals surface area contributed by atoms with Crippen molar-refractivity contribution in [2.24, 2.45) is 0 Å². The zero-order valence-corrected chi connectivity index (χ0v) is 80.6. The summed E-state index contributed by atoms with van der Waals surface area (Å²) in [4.78, 5) is 1.80. The van der Waals surface area contributed by atoms with Crippen molar-refractivity contribution in [2.75, 3.05) is 13.2 Å². The van der Waals surface area contributed by atoms with Gasteiger partial charge in [0.1, 0.15) is 18.1 Å². The number of aliphatic hydroxyl groups is 1. The Labute approximate surface area is 735 Å². The molecule has 0 aliphatic rings. The number of aromatic hydroxyl groups is 3. The van der Waals surface area contributed by atoms with Gasteiger partial charge in [0.2, 0.25) is 0 Å². The van der Waals surface area contributed by atoms with Crippen LogP contribution in [0, 0.1) is 20.8 Å². The first-order valence-corrected chi connectivity index (χ1v) is 43.7. The van der Waals surface area contributed by atoms with Crippen LogP contribution in [-0.4, -0.2) is 33.3 Å². The Morgan fingerprint density at radius 1 is 0.305 bits per heavy atom. The molecule has 0 aliphatic carbocycles. The van der Waals surface area contributed by atoms with Gasteiger partial charge in [0.05, 0.1) is 15.3 Å². The topological polar surface area (TPSA) is 76.2 Å². The van der Waals surface area contributed by atoms with E-state index in [-0.39, 0.29) is 69.2 Å². The zero-order chi connectivity index (χ0) is 85.4. The van der Waals surface area contributed by atoms with E-state index in [1.165, 1.54) is 99.1 Å². The molecule has 4 nitrogen and oxygen atoms in total. The van der Waals surface area contributed by atoms with Crippen LogP contribution in [0.3, 0.4) is 0 Å². The summed E-state index contributed by atoms with van der Waals surface area (Å²) in [5.41, 5.74) is 24.5. The molecule has 0 saturated heterocycles. The normalized spacial score (nSPS) is 12.4. The molecular weight excluding hydrogens is 1640 g/mol. The molecular formula is C111H130HfO4S2. The van der Waals surface area contributed by atoms with Crippen molar-refractivity contribution in [3.8, 4) is 82.6 Å². The number of hydrogen-bond donors (Lipinski definition) is 2. The average molecular weight is 1770 g/mol. The summed E-state index contributed by atoms with van der Waals surface area (Å²) in [6, 6.07) is 78.9. The van der Waals surface area contributed by atoms with E-state index in [4.69, 9.17) is 9.84 Å². The molecule has 0 bridgehead atoms. The molecule has 614 valence electrons. The van der Waals surface area contributed by atoms with Crippen molar-refractivity contribution in [1.29, 1.82) is 0 Å². The maximum absolute atomic E-state index is 12.3. The Kier molecular flexibility index (Phi) is 27.7. The number of benzene rings is 12. The van der Waals surface area contributed by atoms with Gasteiger partial charge in [0, 0.05) is 77.8 Å². The molecule has 0 aliphatic heterocycles. The van der Waals surface area contributed by atoms with Gasteiger partial charge < -0.3 is 20.1 Å². The number of unbranched alkanes of at least 4 members (excludes halogenated alkanes) is 1. The fraction of sp³-hybridized carbons (Fsp3) is 0.333. The van der Waals surface area contributed by atoms with Gasteiger partial charge in [-0.05, 0) is 202 Å². The van der Waals surface area contributed by atoms with Crippen LogP contribution in [0.5, 0.6) is 17.2 Å². The second kappa shape index (κ2) is 35.8. The summed E-state index contributed by atoms with van der Waals surface area (Å²) in [5, 5.41) is 45.7. The summed E-state index contributed by atoms with van der Waals surface area (Å²) in [5.74, 6) is 1.54. The molecule has 2 heterocycles. The van der Waals surface area contributed by atoms with Crippen molar-refractivity contribution in [2.45, 2.75) is 229 Å². The van der Waals surface area contributed by atoms with Gasteiger partial charge in [-0.1, -0.05) is 300 Å². The van der Waals surface area contributed by atoms with E-state index in [1.54, 1.807) is 22.7 Å². The molecule has 118 heavy (non-hydrogen) atoms. The number of para-hydroxylation sites is 1. The minimum absolute atomic E-state index is 0.